The van der Waals surface area contributed by atoms with E-state index in [4.69, 9.17) is 11.5 Å². The summed E-state index contributed by atoms with van der Waals surface area (Å²) in [6, 6.07) is 4.48. The molecule has 5 unspecified atom stereocenters. The zero-order valence-electron chi connectivity index (χ0n) is 21.6. The molecule has 0 fully saturated rings. The molecule has 1 rings (SSSR count). The van der Waals surface area contributed by atoms with Gasteiger partial charge in [0.05, 0.1) is 6.04 Å². The van der Waals surface area contributed by atoms with Crippen LogP contribution in [0, 0.1) is 5.92 Å². The largest absolute Gasteiger partial charge is 0.480 e. The number of carboxylic acids is 1. The Kier molecular flexibility index (Phi) is 14.3. The molecule has 0 aromatic heterocycles. The first-order valence-electron chi connectivity index (χ1n) is 12.2. The van der Waals surface area contributed by atoms with Crippen molar-refractivity contribution >= 4 is 41.4 Å². The Labute approximate surface area is 221 Å². The predicted octanol–water partition coefficient (Wildman–Crippen LogP) is 0.160. The highest BCUT2D eigenvalue weighted by atomic mass is 32.2. The van der Waals surface area contributed by atoms with E-state index >= 15 is 0 Å². The second-order valence-electron chi connectivity index (χ2n) is 8.91. The minimum Gasteiger partial charge on any atom is -0.480 e. The summed E-state index contributed by atoms with van der Waals surface area (Å²) in [7, 11) is 0. The molecule has 1 aromatic carbocycles. The number of primary amides is 1. The van der Waals surface area contributed by atoms with Crippen molar-refractivity contribution in [3.63, 3.8) is 0 Å². The van der Waals surface area contributed by atoms with Crippen LogP contribution >= 0.6 is 11.8 Å². The van der Waals surface area contributed by atoms with Gasteiger partial charge < -0.3 is 32.5 Å². The van der Waals surface area contributed by atoms with Crippen LogP contribution in [0.15, 0.2) is 30.3 Å². The number of rotatable bonds is 17. The van der Waals surface area contributed by atoms with Gasteiger partial charge in [-0.25, -0.2) is 4.79 Å². The van der Waals surface area contributed by atoms with E-state index in [0.717, 1.165) is 0 Å². The molecule has 11 nitrogen and oxygen atoms in total. The molecule has 0 aliphatic rings. The zero-order chi connectivity index (χ0) is 28.0. The maximum atomic E-state index is 13.1. The van der Waals surface area contributed by atoms with Crippen LogP contribution < -0.4 is 27.4 Å². The Bertz CT molecular complexity index is 916. The second kappa shape index (κ2) is 16.6. The molecule has 37 heavy (non-hydrogen) atoms. The molecule has 0 bridgehead atoms. The average Bonchev–Trinajstić information content (AvgIpc) is 2.87. The number of nitrogens with one attached hydrogen (secondary N) is 3. The number of amides is 4. The number of nitrogens with two attached hydrogens (primary N) is 2. The van der Waals surface area contributed by atoms with Gasteiger partial charge >= 0.3 is 5.97 Å². The van der Waals surface area contributed by atoms with Crippen LogP contribution in [0.25, 0.3) is 0 Å². The molecule has 0 aliphatic carbocycles. The molecule has 5 atom stereocenters. The lowest BCUT2D eigenvalue weighted by Crippen LogP contribution is -2.58. The van der Waals surface area contributed by atoms with E-state index in [1.54, 1.807) is 30.3 Å². The number of hydrogen-bond acceptors (Lipinski definition) is 7. The molecule has 8 N–H and O–H groups in total. The van der Waals surface area contributed by atoms with Gasteiger partial charge in [0.15, 0.2) is 0 Å². The number of carbonyl (C=O) groups excluding carboxylic acids is 4. The molecule has 1 aromatic rings. The Morgan fingerprint density at radius 2 is 1.46 bits per heavy atom. The van der Waals surface area contributed by atoms with Crippen molar-refractivity contribution in [2.45, 2.75) is 70.1 Å². The van der Waals surface area contributed by atoms with E-state index in [2.05, 4.69) is 16.0 Å². The van der Waals surface area contributed by atoms with Gasteiger partial charge in [0.1, 0.15) is 18.1 Å². The van der Waals surface area contributed by atoms with Crippen molar-refractivity contribution in [1.82, 2.24) is 16.0 Å². The van der Waals surface area contributed by atoms with Gasteiger partial charge in [-0.05, 0) is 36.3 Å². The van der Waals surface area contributed by atoms with Gasteiger partial charge in [0, 0.05) is 12.8 Å². The van der Waals surface area contributed by atoms with Crippen LogP contribution in [-0.2, 0) is 30.4 Å². The molecule has 206 valence electrons. The summed E-state index contributed by atoms with van der Waals surface area (Å²) in [5, 5.41) is 17.3. The monoisotopic (exact) mass is 537 g/mol. The Hall–Kier alpha value is -3.12. The third-order valence-corrected chi connectivity index (χ3v) is 6.66. The summed E-state index contributed by atoms with van der Waals surface area (Å²) >= 11 is 1.48. The van der Waals surface area contributed by atoms with Gasteiger partial charge in [-0.2, -0.15) is 11.8 Å². The van der Waals surface area contributed by atoms with Gasteiger partial charge in [-0.15, -0.1) is 0 Å². The summed E-state index contributed by atoms with van der Waals surface area (Å²) in [5.74, 6) is -3.38. The van der Waals surface area contributed by atoms with Crippen molar-refractivity contribution in [3.05, 3.63) is 35.9 Å². The third kappa shape index (κ3) is 11.6. The summed E-state index contributed by atoms with van der Waals surface area (Å²) in [6.07, 6.45) is 2.48. The van der Waals surface area contributed by atoms with Gasteiger partial charge in [-0.3, -0.25) is 19.2 Å². The first-order chi connectivity index (χ1) is 17.5. The molecule has 0 spiro atoms. The van der Waals surface area contributed by atoms with E-state index < -0.39 is 53.8 Å². The lowest BCUT2D eigenvalue weighted by atomic mass is 9.99. The standard InChI is InChI=1S/C25H39N5O6S/c1-4-15(2)21(27)24(34)29-18(12-13-37-3)23(33)28-17(10-11-20(26)31)22(32)30-19(25(35)36)14-16-8-6-5-7-9-16/h5-9,15,17-19,21H,4,10-14,27H2,1-3H3,(H2,26,31)(H,28,33)(H,29,34)(H,30,32)(H,35,36). The van der Waals surface area contributed by atoms with Crippen LogP contribution in [0.4, 0.5) is 0 Å². The van der Waals surface area contributed by atoms with E-state index in [1.165, 1.54) is 11.8 Å². The van der Waals surface area contributed by atoms with Crippen LogP contribution in [0.5, 0.6) is 0 Å². The quantitative estimate of drug-likeness (QED) is 0.162. The maximum Gasteiger partial charge on any atom is 0.326 e. The summed E-state index contributed by atoms with van der Waals surface area (Å²) in [6.45, 7) is 3.74. The van der Waals surface area contributed by atoms with Gasteiger partial charge in [0.25, 0.3) is 0 Å². The number of aliphatic carboxylic acids is 1. The molecular formula is C25H39N5O6S. The van der Waals surface area contributed by atoms with E-state index in [9.17, 15) is 29.1 Å². The molecule has 0 saturated heterocycles. The molecule has 4 amide bonds. The molecule has 0 aliphatic heterocycles. The van der Waals surface area contributed by atoms with Crippen molar-refractivity contribution in [3.8, 4) is 0 Å². The van der Waals surface area contributed by atoms with Crippen LogP contribution in [-0.4, -0.2) is 70.9 Å². The summed E-state index contributed by atoms with van der Waals surface area (Å²) in [5.41, 5.74) is 11.9. The van der Waals surface area contributed by atoms with E-state index in [1.807, 2.05) is 20.1 Å². The molecular weight excluding hydrogens is 498 g/mol. The third-order valence-electron chi connectivity index (χ3n) is 6.01. The lowest BCUT2D eigenvalue weighted by Gasteiger charge is -2.26. The number of carbonyl (C=O) groups is 5. The lowest BCUT2D eigenvalue weighted by molar-refractivity contribution is -0.142. The van der Waals surface area contributed by atoms with Gasteiger partial charge in [0.2, 0.25) is 23.6 Å². The van der Waals surface area contributed by atoms with Crippen molar-refractivity contribution in [1.29, 1.82) is 0 Å². The molecule has 0 saturated carbocycles. The Morgan fingerprint density at radius 1 is 0.919 bits per heavy atom. The maximum absolute atomic E-state index is 13.1. The molecule has 0 radical (unpaired) electrons. The van der Waals surface area contributed by atoms with E-state index in [0.29, 0.717) is 17.7 Å². The number of benzene rings is 1. The minimum absolute atomic E-state index is 0.0261. The normalized spacial score (nSPS) is 14.9. The first-order valence-corrected chi connectivity index (χ1v) is 13.6. The molecule has 0 heterocycles. The zero-order valence-corrected chi connectivity index (χ0v) is 22.4. The SMILES string of the molecule is CCC(C)C(N)C(=O)NC(CCSC)C(=O)NC(CCC(N)=O)C(=O)NC(Cc1ccccc1)C(=O)O. The topological polar surface area (TPSA) is 194 Å². The van der Waals surface area contributed by atoms with Crippen LogP contribution in [0.3, 0.4) is 0 Å². The number of carboxylic acid groups (broad SMARTS) is 1. The smallest absolute Gasteiger partial charge is 0.326 e. The van der Waals surface area contributed by atoms with Crippen LogP contribution in [0.2, 0.25) is 0 Å². The Balaban J connectivity index is 3.03. The highest BCUT2D eigenvalue weighted by Crippen LogP contribution is 2.09. The summed E-state index contributed by atoms with van der Waals surface area (Å²) < 4.78 is 0. The molecule has 12 heteroatoms. The first kappa shape index (κ1) is 31.9. The average molecular weight is 538 g/mol. The highest BCUT2D eigenvalue weighted by Gasteiger charge is 2.31. The number of thioether (sulfide) groups is 1. The fourth-order valence-electron chi connectivity index (χ4n) is 3.43. The minimum atomic E-state index is -1.26. The fraction of sp³-hybridized carbons (Fsp3) is 0.560. The highest BCUT2D eigenvalue weighted by molar-refractivity contribution is 7.98. The van der Waals surface area contributed by atoms with E-state index in [-0.39, 0.29) is 31.6 Å². The van der Waals surface area contributed by atoms with Crippen molar-refractivity contribution < 1.29 is 29.1 Å². The van der Waals surface area contributed by atoms with Gasteiger partial charge in [-0.1, -0.05) is 50.6 Å². The number of hydrogen-bond donors (Lipinski definition) is 6. The Morgan fingerprint density at radius 3 is 1.97 bits per heavy atom. The predicted molar refractivity (Wildman–Crippen MR) is 142 cm³/mol. The summed E-state index contributed by atoms with van der Waals surface area (Å²) in [4.78, 5) is 62.0. The van der Waals surface area contributed by atoms with Crippen LogP contribution in [0.1, 0.15) is 45.1 Å². The fourth-order valence-corrected chi connectivity index (χ4v) is 3.91. The van der Waals surface area contributed by atoms with Crippen molar-refractivity contribution in [2.75, 3.05) is 12.0 Å². The second-order valence-corrected chi connectivity index (χ2v) is 9.89. The van der Waals surface area contributed by atoms with Crippen molar-refractivity contribution in [2.24, 2.45) is 17.4 Å².